The van der Waals surface area contributed by atoms with Crippen LogP contribution >= 0.6 is 11.6 Å². The number of anilines is 1. The summed E-state index contributed by atoms with van der Waals surface area (Å²) in [4.78, 5) is 70.5. The Bertz CT molecular complexity index is 1770. The molecule has 6 bridgehead atoms. The summed E-state index contributed by atoms with van der Waals surface area (Å²) >= 11 is 6.86. The fraction of sp³-hybridized carbons (Fsp3) is 0.595. The number of hydrogen-bond donors (Lipinski definition) is 3. The number of carbonyl (C=O) groups is 5. The van der Waals surface area contributed by atoms with Crippen molar-refractivity contribution in [2.45, 2.75) is 101 Å². The zero-order valence-electron chi connectivity index (χ0n) is 31.7. The summed E-state index contributed by atoms with van der Waals surface area (Å²) in [6.07, 6.45) is -1.52. The summed E-state index contributed by atoms with van der Waals surface area (Å²) in [5.41, 5.74) is -4.88. The second-order valence-electron chi connectivity index (χ2n) is 14.6. The van der Waals surface area contributed by atoms with Gasteiger partial charge in [0, 0.05) is 33.6 Å². The van der Waals surface area contributed by atoms with Crippen LogP contribution in [-0.2, 0) is 42.9 Å². The van der Waals surface area contributed by atoms with Gasteiger partial charge in [-0.25, -0.2) is 9.59 Å². The minimum absolute atomic E-state index is 0.0139. The first-order chi connectivity index (χ1) is 25.2. The van der Waals surface area contributed by atoms with Crippen LogP contribution in [0.5, 0.6) is 5.75 Å². The van der Waals surface area contributed by atoms with Crippen molar-refractivity contribution < 1.29 is 62.6 Å². The number of likely N-dealkylation sites (N-methyl/N-ethyl adjacent to an activating group) is 1. The number of ether oxygens (including phenoxy) is 6. The van der Waals surface area contributed by atoms with Crippen molar-refractivity contribution in [1.29, 1.82) is 0 Å². The molecule has 3 N–H and O–H groups in total. The van der Waals surface area contributed by atoms with Gasteiger partial charge in [-0.05, 0) is 51.0 Å². The Labute approximate surface area is 318 Å². The predicted molar refractivity (Wildman–Crippen MR) is 192 cm³/mol. The summed E-state index contributed by atoms with van der Waals surface area (Å²) in [6.45, 7) is 6.65. The van der Waals surface area contributed by atoms with E-state index in [0.717, 1.165) is 16.7 Å². The molecule has 3 saturated heterocycles. The number of aliphatic hydroxyl groups is 2. The van der Waals surface area contributed by atoms with Crippen LogP contribution in [0.2, 0.25) is 5.02 Å². The Morgan fingerprint density at radius 3 is 2.33 bits per heavy atom. The lowest BCUT2D eigenvalue weighted by Gasteiger charge is -2.42. The van der Waals surface area contributed by atoms with E-state index in [1.807, 2.05) is 0 Å². The number of Topliss-reactive ketones (excluding diaryl/α,β-unsaturated/α-hetero) is 1. The molecule has 16 nitrogen and oxygen atoms in total. The molecule has 1 aromatic carbocycles. The molecule has 4 aliphatic rings. The van der Waals surface area contributed by atoms with Crippen LogP contribution in [0, 0.1) is 5.92 Å². The largest absolute Gasteiger partial charge is 0.495 e. The number of rotatable bonds is 3. The lowest BCUT2D eigenvalue weighted by molar-refractivity contribution is -0.169. The van der Waals surface area contributed by atoms with Crippen molar-refractivity contribution in [3.63, 3.8) is 0 Å². The first-order valence-electron chi connectivity index (χ1n) is 17.4. The van der Waals surface area contributed by atoms with Crippen molar-refractivity contribution in [3.05, 3.63) is 46.5 Å². The normalized spacial score (nSPS) is 38.2. The molecule has 54 heavy (non-hydrogen) atoms. The third-order valence-corrected chi connectivity index (χ3v) is 11.4. The summed E-state index contributed by atoms with van der Waals surface area (Å²) in [5, 5.41) is 25.5. The van der Waals surface area contributed by atoms with Crippen LogP contribution in [0.4, 0.5) is 10.5 Å². The van der Waals surface area contributed by atoms with Crippen LogP contribution in [0.15, 0.2) is 35.9 Å². The van der Waals surface area contributed by atoms with Crippen LogP contribution in [-0.4, -0.2) is 127 Å². The first-order valence-corrected chi connectivity index (χ1v) is 17.8. The van der Waals surface area contributed by atoms with Gasteiger partial charge in [0.2, 0.25) is 11.5 Å². The molecule has 17 heteroatoms. The van der Waals surface area contributed by atoms with E-state index in [1.54, 1.807) is 45.1 Å². The molecule has 0 aromatic heterocycles. The van der Waals surface area contributed by atoms with E-state index >= 15 is 0 Å². The Hall–Kier alpha value is -4.06. The summed E-state index contributed by atoms with van der Waals surface area (Å²) in [7, 11) is 5.45. The topological polar surface area (TPSA) is 203 Å². The van der Waals surface area contributed by atoms with Gasteiger partial charge in [-0.3, -0.25) is 19.7 Å². The minimum atomic E-state index is -2.66. The Morgan fingerprint density at radius 1 is 1.02 bits per heavy atom. The molecule has 296 valence electrons. The first kappa shape index (κ1) is 41.1. The maximum absolute atomic E-state index is 14.6. The summed E-state index contributed by atoms with van der Waals surface area (Å²) in [5.74, 6) is -4.38. The van der Waals surface area contributed by atoms with Crippen molar-refractivity contribution in [2.24, 2.45) is 5.92 Å². The van der Waals surface area contributed by atoms with Crippen LogP contribution in [0.1, 0.15) is 59.1 Å². The number of nitrogens with zero attached hydrogens (tertiary/aromatic N) is 2. The maximum Gasteiger partial charge on any atom is 0.409 e. The van der Waals surface area contributed by atoms with Gasteiger partial charge in [0.1, 0.15) is 46.8 Å². The highest BCUT2D eigenvalue weighted by Gasteiger charge is 2.65. The molecule has 4 aliphatic heterocycles. The third kappa shape index (κ3) is 7.47. The van der Waals surface area contributed by atoms with E-state index in [9.17, 15) is 34.2 Å². The average molecular weight is 778 g/mol. The monoisotopic (exact) mass is 777 g/mol. The fourth-order valence-corrected chi connectivity index (χ4v) is 7.62. The lowest BCUT2D eigenvalue weighted by Crippen LogP contribution is -2.63. The van der Waals surface area contributed by atoms with Gasteiger partial charge < -0.3 is 48.4 Å². The molecular formula is C37H48ClN3O13. The molecule has 3 amide bonds. The lowest BCUT2D eigenvalue weighted by atomic mass is 9.83. The van der Waals surface area contributed by atoms with Gasteiger partial charge in [-0.1, -0.05) is 36.8 Å². The molecule has 0 aliphatic carbocycles. The van der Waals surface area contributed by atoms with Gasteiger partial charge in [-0.15, -0.1) is 0 Å². The quantitative estimate of drug-likeness (QED) is 0.230. The zero-order chi connectivity index (χ0) is 40.1. The van der Waals surface area contributed by atoms with Gasteiger partial charge in [0.15, 0.2) is 11.5 Å². The van der Waals surface area contributed by atoms with Gasteiger partial charge in [-0.2, -0.15) is 0 Å². The third-order valence-electron chi connectivity index (χ3n) is 11.0. The van der Waals surface area contributed by atoms with E-state index in [1.165, 1.54) is 41.4 Å². The summed E-state index contributed by atoms with van der Waals surface area (Å²) in [6, 6.07) is 1.82. The highest BCUT2D eigenvalue weighted by molar-refractivity contribution is 6.35. The van der Waals surface area contributed by atoms with Crippen molar-refractivity contribution in [3.8, 4) is 5.75 Å². The maximum atomic E-state index is 14.6. The van der Waals surface area contributed by atoms with Crippen molar-refractivity contribution in [1.82, 2.24) is 10.2 Å². The standard InChI is InChI=1S/C37H48ClN3O13/c1-18-11-10-12-26(50-8)37(48)16-24(52-34(46)39-37)19(2)31-36(5,54-31)27-15-28(43)41(22-13-21(30(18)51-9)14-23(49-7)29(22)38)17-25(42)35(4,47)33(45)40(6)20(3)32(44)53-27/h10-14,19-20,24,26-27,30-31,47-48H,15-17H2,1-9H3,(H,39,46)/b12-10+,18-11+/t19-,20+,24+,26-,27+,30?,31?,35?,36+,37+/m1/s1. The molecule has 4 heterocycles. The number of alkyl carbamates (subject to hydrolysis) is 1. The number of nitrogens with one attached hydrogen (secondary N) is 1. The van der Waals surface area contributed by atoms with Crippen molar-refractivity contribution in [2.75, 3.05) is 39.8 Å². The molecule has 0 spiro atoms. The molecule has 0 radical (unpaired) electrons. The number of benzene rings is 1. The molecule has 1 aromatic rings. The van der Waals surface area contributed by atoms with Crippen LogP contribution in [0.25, 0.3) is 0 Å². The Morgan fingerprint density at radius 2 is 1.70 bits per heavy atom. The van der Waals surface area contributed by atoms with Crippen molar-refractivity contribution >= 4 is 46.9 Å². The highest BCUT2D eigenvalue weighted by atomic mass is 35.5. The van der Waals surface area contributed by atoms with Crippen LogP contribution < -0.4 is 15.0 Å². The zero-order valence-corrected chi connectivity index (χ0v) is 32.5. The number of hydrogen-bond acceptors (Lipinski definition) is 13. The van der Waals surface area contributed by atoms with E-state index in [0.29, 0.717) is 11.1 Å². The number of allylic oxidation sites excluding steroid dienone is 2. The number of epoxide rings is 1. The second kappa shape index (κ2) is 15.2. The van der Waals surface area contributed by atoms with E-state index in [4.69, 9.17) is 40.0 Å². The number of esters is 1. The molecular weight excluding hydrogens is 730 g/mol. The van der Waals surface area contributed by atoms with Gasteiger partial charge in [0.05, 0.1) is 31.9 Å². The number of carbonyl (C=O) groups excluding carboxylic acids is 5. The average Bonchev–Trinajstić information content (AvgIpc) is 3.82. The van der Waals surface area contributed by atoms with Gasteiger partial charge >= 0.3 is 12.1 Å². The van der Waals surface area contributed by atoms with Gasteiger partial charge in [0.25, 0.3) is 5.91 Å². The molecule has 5 rings (SSSR count). The highest BCUT2D eigenvalue weighted by Crippen LogP contribution is 2.49. The predicted octanol–water partition coefficient (Wildman–Crippen LogP) is 2.36. The SMILES string of the molecule is COc1cc2cc(c1Cl)N1CC(=O)C(C)(O)C(=O)N(C)[C@@H](C)C(=O)O[C@@H](CC1=O)[C@]1(C)OC1[C@H](C)[C@@H]1C[C@@](O)(NC(=O)O1)[C@H](OC)/C=C/C=C(\C)C2OC. The number of fused-ring (bicyclic) bond motifs is 10. The van der Waals surface area contributed by atoms with E-state index < -0.39 is 102 Å². The molecule has 3 unspecified atom stereocenters. The smallest absolute Gasteiger partial charge is 0.409 e. The number of halogens is 1. The Balaban J connectivity index is 1.74. The number of methoxy groups -OCH3 is 3. The molecule has 3 fully saturated rings. The van der Waals surface area contributed by atoms with E-state index in [-0.39, 0.29) is 22.9 Å². The van der Waals surface area contributed by atoms with E-state index in [2.05, 4.69) is 5.32 Å². The second-order valence-corrected chi connectivity index (χ2v) is 15.0. The Kier molecular flexibility index (Phi) is 11.6. The number of amides is 3. The summed E-state index contributed by atoms with van der Waals surface area (Å²) < 4.78 is 34.9. The number of ketones is 1. The minimum Gasteiger partial charge on any atom is -0.495 e. The molecule has 10 atom stereocenters. The molecule has 0 saturated carbocycles. The van der Waals surface area contributed by atoms with Crippen LogP contribution in [0.3, 0.4) is 0 Å². The fourth-order valence-electron chi connectivity index (χ4n) is 7.33.